The molecule has 1 aliphatic heterocycles. The summed E-state index contributed by atoms with van der Waals surface area (Å²) in [6.07, 6.45) is 1.99. The Labute approximate surface area is 89.7 Å². The van der Waals surface area contributed by atoms with Crippen LogP contribution >= 0.6 is 0 Å². The van der Waals surface area contributed by atoms with Crippen molar-refractivity contribution in [3.63, 3.8) is 0 Å². The third-order valence-corrected chi connectivity index (χ3v) is 2.46. The lowest BCUT2D eigenvalue weighted by molar-refractivity contribution is 0.523. The minimum absolute atomic E-state index is 0.107. The molecule has 0 bridgehead atoms. The predicted molar refractivity (Wildman–Crippen MR) is 59.6 cm³/mol. The SMILES string of the molecule is Cn1nc(C2=CCN=N2)cc1C(C)(C)C. The van der Waals surface area contributed by atoms with Gasteiger partial charge in [0.25, 0.3) is 0 Å². The third-order valence-electron chi connectivity index (χ3n) is 2.46. The van der Waals surface area contributed by atoms with Crippen LogP contribution in [-0.4, -0.2) is 16.3 Å². The van der Waals surface area contributed by atoms with E-state index >= 15 is 0 Å². The summed E-state index contributed by atoms with van der Waals surface area (Å²) in [5.74, 6) is 0. The second-order valence-corrected chi connectivity index (χ2v) is 4.80. The van der Waals surface area contributed by atoms with Gasteiger partial charge in [0.15, 0.2) is 0 Å². The van der Waals surface area contributed by atoms with Crippen LogP contribution < -0.4 is 0 Å². The molecule has 2 heterocycles. The van der Waals surface area contributed by atoms with Crippen LogP contribution in [-0.2, 0) is 12.5 Å². The normalized spacial score (nSPS) is 15.9. The largest absolute Gasteiger partial charge is 0.271 e. The van der Waals surface area contributed by atoms with Crippen LogP contribution in [0, 0.1) is 0 Å². The first-order chi connectivity index (χ1) is 6.98. The molecule has 15 heavy (non-hydrogen) atoms. The van der Waals surface area contributed by atoms with Gasteiger partial charge in [-0.15, -0.1) is 0 Å². The number of aromatic nitrogens is 2. The molecule has 0 saturated heterocycles. The Morgan fingerprint density at radius 2 is 2.07 bits per heavy atom. The maximum Gasteiger partial charge on any atom is 0.113 e. The first-order valence-electron chi connectivity index (χ1n) is 5.11. The van der Waals surface area contributed by atoms with Crippen molar-refractivity contribution in [3.05, 3.63) is 23.5 Å². The molecular formula is C11H16N4. The van der Waals surface area contributed by atoms with Crippen molar-refractivity contribution in [2.24, 2.45) is 17.3 Å². The lowest BCUT2D eigenvalue weighted by Gasteiger charge is -2.17. The van der Waals surface area contributed by atoms with Crippen molar-refractivity contribution in [2.45, 2.75) is 26.2 Å². The van der Waals surface area contributed by atoms with Gasteiger partial charge >= 0.3 is 0 Å². The number of azo groups is 1. The number of rotatable bonds is 1. The van der Waals surface area contributed by atoms with E-state index in [4.69, 9.17) is 0 Å². The first-order valence-corrected chi connectivity index (χ1v) is 5.11. The Kier molecular flexibility index (Phi) is 2.21. The number of aryl methyl sites for hydroxylation is 1. The van der Waals surface area contributed by atoms with Crippen LogP contribution in [0.25, 0.3) is 5.70 Å². The minimum atomic E-state index is 0.107. The number of hydrogen-bond donors (Lipinski definition) is 0. The summed E-state index contributed by atoms with van der Waals surface area (Å²) in [5.41, 5.74) is 3.13. The summed E-state index contributed by atoms with van der Waals surface area (Å²) in [7, 11) is 1.97. The fourth-order valence-electron chi connectivity index (χ4n) is 1.74. The zero-order valence-electron chi connectivity index (χ0n) is 9.65. The zero-order chi connectivity index (χ0) is 11.1. The Hall–Kier alpha value is -1.45. The average Bonchev–Trinajstić information content (AvgIpc) is 2.68. The summed E-state index contributed by atoms with van der Waals surface area (Å²) >= 11 is 0. The van der Waals surface area contributed by atoms with E-state index < -0.39 is 0 Å². The van der Waals surface area contributed by atoms with Crippen LogP contribution in [0.15, 0.2) is 22.4 Å². The monoisotopic (exact) mass is 204 g/mol. The van der Waals surface area contributed by atoms with Crippen molar-refractivity contribution in [1.82, 2.24) is 9.78 Å². The summed E-state index contributed by atoms with van der Waals surface area (Å²) in [4.78, 5) is 0. The fraction of sp³-hybridized carbons (Fsp3) is 0.545. The second-order valence-electron chi connectivity index (χ2n) is 4.80. The molecule has 0 N–H and O–H groups in total. The number of hydrogen-bond acceptors (Lipinski definition) is 3. The first kappa shape index (κ1) is 10.1. The molecule has 0 fully saturated rings. The molecular weight excluding hydrogens is 188 g/mol. The lowest BCUT2D eigenvalue weighted by atomic mass is 9.92. The third kappa shape index (κ3) is 1.84. The van der Waals surface area contributed by atoms with Gasteiger partial charge in [-0.3, -0.25) is 4.68 Å². The van der Waals surface area contributed by atoms with Gasteiger partial charge in [0.1, 0.15) is 11.4 Å². The molecule has 1 aromatic heterocycles. The smallest absolute Gasteiger partial charge is 0.113 e. The zero-order valence-corrected chi connectivity index (χ0v) is 9.65. The summed E-state index contributed by atoms with van der Waals surface area (Å²) in [6, 6.07) is 2.09. The molecule has 4 heteroatoms. The summed E-state index contributed by atoms with van der Waals surface area (Å²) in [6.45, 7) is 7.21. The topological polar surface area (TPSA) is 42.5 Å². The highest BCUT2D eigenvalue weighted by atomic mass is 15.3. The highest BCUT2D eigenvalue weighted by molar-refractivity contribution is 5.62. The van der Waals surface area contributed by atoms with E-state index in [1.165, 1.54) is 5.69 Å². The average molecular weight is 204 g/mol. The molecule has 4 nitrogen and oxygen atoms in total. The van der Waals surface area contributed by atoms with Crippen LogP contribution in [0.2, 0.25) is 0 Å². The predicted octanol–water partition coefficient (Wildman–Crippen LogP) is 2.52. The Balaban J connectivity index is 2.41. The molecule has 1 aliphatic rings. The van der Waals surface area contributed by atoms with Gasteiger partial charge in [0.2, 0.25) is 0 Å². The van der Waals surface area contributed by atoms with Gasteiger partial charge < -0.3 is 0 Å². The van der Waals surface area contributed by atoms with Gasteiger partial charge in [-0.05, 0) is 12.1 Å². The van der Waals surface area contributed by atoms with Crippen LogP contribution in [0.3, 0.4) is 0 Å². The molecule has 80 valence electrons. The number of nitrogens with zero attached hydrogens (tertiary/aromatic N) is 4. The van der Waals surface area contributed by atoms with Crippen molar-refractivity contribution in [1.29, 1.82) is 0 Å². The van der Waals surface area contributed by atoms with Crippen molar-refractivity contribution < 1.29 is 0 Å². The quantitative estimate of drug-likeness (QED) is 0.693. The van der Waals surface area contributed by atoms with E-state index in [0.717, 1.165) is 11.4 Å². The fourth-order valence-corrected chi connectivity index (χ4v) is 1.74. The second kappa shape index (κ2) is 3.29. The summed E-state index contributed by atoms with van der Waals surface area (Å²) < 4.78 is 1.92. The molecule has 0 aliphatic carbocycles. The molecule has 0 amide bonds. The molecule has 0 atom stereocenters. The van der Waals surface area contributed by atoms with Crippen LogP contribution in [0.1, 0.15) is 32.2 Å². The lowest BCUT2D eigenvalue weighted by Crippen LogP contribution is -2.16. The highest BCUT2D eigenvalue weighted by Gasteiger charge is 2.20. The molecule has 0 aromatic carbocycles. The Morgan fingerprint density at radius 3 is 2.53 bits per heavy atom. The highest BCUT2D eigenvalue weighted by Crippen LogP contribution is 2.26. The van der Waals surface area contributed by atoms with Crippen molar-refractivity contribution in [3.8, 4) is 0 Å². The molecule has 0 saturated carbocycles. The van der Waals surface area contributed by atoms with Crippen LogP contribution in [0.5, 0.6) is 0 Å². The Bertz CT molecular complexity index is 432. The van der Waals surface area contributed by atoms with E-state index in [0.29, 0.717) is 6.54 Å². The molecule has 0 unspecified atom stereocenters. The minimum Gasteiger partial charge on any atom is -0.271 e. The van der Waals surface area contributed by atoms with E-state index in [9.17, 15) is 0 Å². The van der Waals surface area contributed by atoms with Gasteiger partial charge in [-0.25, -0.2) is 0 Å². The van der Waals surface area contributed by atoms with Gasteiger partial charge in [-0.1, -0.05) is 20.8 Å². The van der Waals surface area contributed by atoms with E-state index in [2.05, 4.69) is 42.2 Å². The van der Waals surface area contributed by atoms with Gasteiger partial charge in [-0.2, -0.15) is 15.3 Å². The molecule has 0 spiro atoms. The summed E-state index contributed by atoms with van der Waals surface area (Å²) in [5, 5.41) is 12.4. The van der Waals surface area contributed by atoms with Crippen molar-refractivity contribution in [2.75, 3.05) is 6.54 Å². The van der Waals surface area contributed by atoms with Crippen LogP contribution in [0.4, 0.5) is 0 Å². The Morgan fingerprint density at radius 1 is 1.33 bits per heavy atom. The van der Waals surface area contributed by atoms with Gasteiger partial charge in [0, 0.05) is 18.2 Å². The standard InChI is InChI=1S/C11H16N4/c1-11(2,3)10-7-9(14-15(10)4)8-5-6-12-13-8/h5,7H,6H2,1-4H3. The maximum absolute atomic E-state index is 4.45. The van der Waals surface area contributed by atoms with Crippen molar-refractivity contribution >= 4 is 5.70 Å². The van der Waals surface area contributed by atoms with Gasteiger partial charge in [0.05, 0.1) is 6.54 Å². The van der Waals surface area contributed by atoms with E-state index in [1.807, 2.05) is 17.8 Å². The molecule has 2 rings (SSSR count). The van der Waals surface area contributed by atoms with E-state index in [1.54, 1.807) is 0 Å². The molecule has 1 aromatic rings. The van der Waals surface area contributed by atoms with E-state index in [-0.39, 0.29) is 5.41 Å². The maximum atomic E-state index is 4.45. The molecule has 0 radical (unpaired) electrons.